The van der Waals surface area contributed by atoms with E-state index in [-0.39, 0.29) is 17.4 Å². The number of thioether (sulfide) groups is 1. The molecule has 0 bridgehead atoms. The van der Waals surface area contributed by atoms with Crippen LogP contribution in [-0.4, -0.2) is 27.6 Å². The highest BCUT2D eigenvalue weighted by Crippen LogP contribution is 2.25. The Morgan fingerprint density at radius 1 is 0.875 bits per heavy atom. The molecule has 3 aromatic carbocycles. The van der Waals surface area contributed by atoms with Crippen molar-refractivity contribution in [2.75, 3.05) is 11.1 Å². The highest BCUT2D eigenvalue weighted by molar-refractivity contribution is 7.99. The van der Waals surface area contributed by atoms with Gasteiger partial charge in [-0.3, -0.25) is 9.59 Å². The molecule has 1 N–H and O–H groups in total. The molecule has 0 aliphatic heterocycles. The number of anilines is 1. The largest absolute Gasteiger partial charge is 0.411 e. The first kappa shape index (κ1) is 21.5. The van der Waals surface area contributed by atoms with Gasteiger partial charge in [0, 0.05) is 22.4 Å². The van der Waals surface area contributed by atoms with Gasteiger partial charge >= 0.3 is 0 Å². The van der Waals surface area contributed by atoms with E-state index in [2.05, 4.69) is 21.6 Å². The number of amides is 1. The molecular weight excluding hydrogens is 422 g/mol. The van der Waals surface area contributed by atoms with Gasteiger partial charge < -0.3 is 9.73 Å². The summed E-state index contributed by atoms with van der Waals surface area (Å²) in [6.45, 7) is 4.03. The molecule has 160 valence electrons. The van der Waals surface area contributed by atoms with Gasteiger partial charge in [0.25, 0.3) is 11.1 Å². The van der Waals surface area contributed by atoms with Gasteiger partial charge in [0.2, 0.25) is 5.89 Å². The van der Waals surface area contributed by atoms with Gasteiger partial charge in [-0.2, -0.15) is 0 Å². The Labute approximate surface area is 190 Å². The summed E-state index contributed by atoms with van der Waals surface area (Å²) in [5, 5.41) is 11.3. The summed E-state index contributed by atoms with van der Waals surface area (Å²) < 4.78 is 5.71. The summed E-state index contributed by atoms with van der Waals surface area (Å²) in [7, 11) is 0. The van der Waals surface area contributed by atoms with E-state index >= 15 is 0 Å². The van der Waals surface area contributed by atoms with Crippen LogP contribution in [0.4, 0.5) is 5.69 Å². The predicted octanol–water partition coefficient (Wildman–Crippen LogP) is 5.58. The topological polar surface area (TPSA) is 85.1 Å². The Bertz CT molecular complexity index is 1230. The number of ketones is 1. The monoisotopic (exact) mass is 443 g/mol. The first-order valence-corrected chi connectivity index (χ1v) is 11.0. The number of aromatic nitrogens is 2. The molecule has 0 fully saturated rings. The van der Waals surface area contributed by atoms with E-state index in [4.69, 9.17) is 4.42 Å². The van der Waals surface area contributed by atoms with Crippen LogP contribution in [0.1, 0.15) is 31.8 Å². The number of hydrogen-bond acceptors (Lipinski definition) is 6. The molecule has 0 aliphatic carbocycles. The molecule has 32 heavy (non-hydrogen) atoms. The molecule has 0 saturated carbocycles. The molecule has 1 heterocycles. The van der Waals surface area contributed by atoms with Crippen LogP contribution in [0, 0.1) is 13.8 Å². The van der Waals surface area contributed by atoms with Gasteiger partial charge in [-0.15, -0.1) is 10.2 Å². The second-order valence-corrected chi connectivity index (χ2v) is 8.29. The molecule has 1 amide bonds. The number of rotatable bonds is 7. The van der Waals surface area contributed by atoms with Crippen LogP contribution in [0.3, 0.4) is 0 Å². The molecule has 4 aromatic rings. The number of nitrogens with one attached hydrogen (secondary N) is 1. The number of Topliss-reactive ketones (excluding diaryl/α,β-unsaturated/α-hetero) is 1. The summed E-state index contributed by atoms with van der Waals surface area (Å²) in [6.07, 6.45) is 0. The molecule has 0 spiro atoms. The maximum atomic E-state index is 12.5. The lowest BCUT2D eigenvalue weighted by molar-refractivity contribution is 0.101. The summed E-state index contributed by atoms with van der Waals surface area (Å²) in [4.78, 5) is 24.8. The van der Waals surface area contributed by atoms with Crippen molar-refractivity contribution in [3.63, 3.8) is 0 Å². The average Bonchev–Trinajstić information content (AvgIpc) is 3.27. The predicted molar refractivity (Wildman–Crippen MR) is 125 cm³/mol. The molecule has 7 heteroatoms. The third-order valence-corrected chi connectivity index (χ3v) is 5.52. The number of benzene rings is 3. The van der Waals surface area contributed by atoms with E-state index in [0.717, 1.165) is 16.7 Å². The summed E-state index contributed by atoms with van der Waals surface area (Å²) in [5.41, 5.74) is 4.84. The Morgan fingerprint density at radius 2 is 1.56 bits per heavy atom. The van der Waals surface area contributed by atoms with E-state index in [9.17, 15) is 9.59 Å². The van der Waals surface area contributed by atoms with Crippen molar-refractivity contribution in [2.45, 2.75) is 19.1 Å². The zero-order valence-corrected chi connectivity index (χ0v) is 18.5. The van der Waals surface area contributed by atoms with Crippen LogP contribution < -0.4 is 5.32 Å². The third-order valence-electron chi connectivity index (χ3n) is 4.70. The molecule has 0 aliphatic rings. The minimum atomic E-state index is -0.198. The van der Waals surface area contributed by atoms with E-state index in [0.29, 0.717) is 27.9 Å². The standard InChI is InChI=1S/C25H21N3O3S/c1-16-12-17(2)14-20(13-16)24-27-28-25(31-24)32-15-22(29)18-8-10-21(11-9-18)26-23(30)19-6-4-3-5-7-19/h3-14H,15H2,1-2H3,(H,26,30). The molecular formula is C25H21N3O3S. The smallest absolute Gasteiger partial charge is 0.277 e. The summed E-state index contributed by atoms with van der Waals surface area (Å²) in [5.74, 6) is 0.341. The van der Waals surface area contributed by atoms with Crippen LogP contribution in [-0.2, 0) is 0 Å². The number of aryl methyl sites for hydroxylation is 2. The number of nitrogens with zero attached hydrogens (tertiary/aromatic N) is 2. The second-order valence-electron chi connectivity index (χ2n) is 7.36. The van der Waals surface area contributed by atoms with Crippen molar-refractivity contribution in [3.05, 3.63) is 95.1 Å². The number of hydrogen-bond donors (Lipinski definition) is 1. The van der Waals surface area contributed by atoms with Crippen molar-refractivity contribution >= 4 is 29.1 Å². The molecule has 4 rings (SSSR count). The maximum Gasteiger partial charge on any atom is 0.277 e. The molecule has 0 atom stereocenters. The van der Waals surface area contributed by atoms with Crippen LogP contribution in [0.2, 0.25) is 0 Å². The molecule has 0 radical (unpaired) electrons. The lowest BCUT2D eigenvalue weighted by atomic mass is 10.1. The first-order valence-electron chi connectivity index (χ1n) is 10.0. The van der Waals surface area contributed by atoms with Crippen molar-refractivity contribution in [3.8, 4) is 11.5 Å². The normalized spacial score (nSPS) is 10.7. The van der Waals surface area contributed by atoms with E-state index in [1.807, 2.05) is 44.2 Å². The Kier molecular flexibility index (Phi) is 6.47. The Balaban J connectivity index is 1.34. The quantitative estimate of drug-likeness (QED) is 0.296. The van der Waals surface area contributed by atoms with Crippen LogP contribution in [0.5, 0.6) is 0 Å². The van der Waals surface area contributed by atoms with E-state index in [1.54, 1.807) is 36.4 Å². The van der Waals surface area contributed by atoms with Gasteiger partial charge in [0.15, 0.2) is 5.78 Å². The van der Waals surface area contributed by atoms with Gasteiger partial charge in [-0.1, -0.05) is 47.2 Å². The average molecular weight is 444 g/mol. The van der Waals surface area contributed by atoms with E-state index < -0.39 is 0 Å². The van der Waals surface area contributed by atoms with Crippen molar-refractivity contribution in [1.82, 2.24) is 10.2 Å². The molecule has 1 aromatic heterocycles. The summed E-state index contributed by atoms with van der Waals surface area (Å²) in [6, 6.07) is 21.8. The lowest BCUT2D eigenvalue weighted by Crippen LogP contribution is -2.11. The van der Waals surface area contributed by atoms with Crippen LogP contribution in [0.25, 0.3) is 11.5 Å². The van der Waals surface area contributed by atoms with Crippen LogP contribution >= 0.6 is 11.8 Å². The minimum Gasteiger partial charge on any atom is -0.411 e. The zero-order chi connectivity index (χ0) is 22.5. The van der Waals surface area contributed by atoms with E-state index in [1.165, 1.54) is 11.8 Å². The van der Waals surface area contributed by atoms with Gasteiger partial charge in [-0.05, 0) is 62.4 Å². The molecule has 0 unspecified atom stereocenters. The van der Waals surface area contributed by atoms with Gasteiger partial charge in [0.1, 0.15) is 0 Å². The van der Waals surface area contributed by atoms with Gasteiger partial charge in [0.05, 0.1) is 5.75 Å². The van der Waals surface area contributed by atoms with Gasteiger partial charge in [-0.25, -0.2) is 0 Å². The fourth-order valence-corrected chi connectivity index (χ4v) is 3.88. The van der Waals surface area contributed by atoms with Crippen molar-refractivity contribution in [2.24, 2.45) is 0 Å². The molecule has 6 nitrogen and oxygen atoms in total. The fourth-order valence-electron chi connectivity index (χ4n) is 3.23. The Hall–Kier alpha value is -3.71. The SMILES string of the molecule is Cc1cc(C)cc(-c2nnc(SCC(=O)c3ccc(NC(=O)c4ccccc4)cc3)o2)c1. The number of carbonyl (C=O) groups is 2. The maximum absolute atomic E-state index is 12.5. The summed E-state index contributed by atoms with van der Waals surface area (Å²) >= 11 is 1.20. The highest BCUT2D eigenvalue weighted by Gasteiger charge is 2.13. The minimum absolute atomic E-state index is 0.0675. The lowest BCUT2D eigenvalue weighted by Gasteiger charge is -2.06. The highest BCUT2D eigenvalue weighted by atomic mass is 32.2. The zero-order valence-electron chi connectivity index (χ0n) is 17.7. The fraction of sp³-hybridized carbons (Fsp3) is 0.120. The second kappa shape index (κ2) is 9.62. The molecule has 0 saturated heterocycles. The third kappa shape index (κ3) is 5.31. The first-order chi connectivity index (χ1) is 15.5. The van der Waals surface area contributed by atoms with Crippen molar-refractivity contribution in [1.29, 1.82) is 0 Å². The van der Waals surface area contributed by atoms with Crippen LogP contribution in [0.15, 0.2) is 82.4 Å². The Morgan fingerprint density at radius 3 is 2.25 bits per heavy atom. The number of carbonyl (C=O) groups excluding carboxylic acids is 2. The van der Waals surface area contributed by atoms with Crippen molar-refractivity contribution < 1.29 is 14.0 Å².